The number of carbonyl (C=O) groups excluding carboxylic acids is 2. The van der Waals surface area contributed by atoms with Gasteiger partial charge in [-0.3, -0.25) is 9.59 Å². The average Bonchev–Trinajstić information content (AvgIpc) is 2.51. The summed E-state index contributed by atoms with van der Waals surface area (Å²) in [5.41, 5.74) is 0.296. The van der Waals surface area contributed by atoms with Gasteiger partial charge in [-0.25, -0.2) is 4.39 Å². The third kappa shape index (κ3) is 7.52. The zero-order chi connectivity index (χ0) is 17.9. The quantitative estimate of drug-likeness (QED) is 0.568. The lowest BCUT2D eigenvalue weighted by atomic mass is 10.1. The van der Waals surface area contributed by atoms with E-state index in [0.717, 1.165) is 6.07 Å². The van der Waals surface area contributed by atoms with Crippen molar-refractivity contribution in [3.05, 3.63) is 29.6 Å². The Balaban J connectivity index is 2.48. The maximum Gasteiger partial charge on any atom is 0.251 e. The second kappa shape index (κ2) is 10.7. The molecule has 0 unspecified atom stereocenters. The van der Waals surface area contributed by atoms with Gasteiger partial charge in [0.05, 0.1) is 12.3 Å². The first-order valence-corrected chi connectivity index (χ1v) is 8.01. The van der Waals surface area contributed by atoms with Crippen molar-refractivity contribution < 1.29 is 18.7 Å². The highest BCUT2D eigenvalue weighted by Crippen LogP contribution is 2.16. The van der Waals surface area contributed by atoms with Crippen molar-refractivity contribution in [1.82, 2.24) is 10.6 Å². The molecule has 1 aromatic carbocycles. The van der Waals surface area contributed by atoms with Crippen LogP contribution in [0.2, 0.25) is 0 Å². The van der Waals surface area contributed by atoms with Crippen molar-refractivity contribution in [3.63, 3.8) is 0 Å². The fraction of sp³-hybridized carbons (Fsp3) is 0.529. The van der Waals surface area contributed by atoms with E-state index in [0.29, 0.717) is 32.7 Å². The highest BCUT2D eigenvalue weighted by molar-refractivity contribution is 5.96. The Labute approximate surface area is 142 Å². The molecule has 0 aliphatic rings. The SMILES string of the molecule is COCCNCCNC(=O)c1ccc(NC(=O)CC(C)C)c(F)c1. The molecule has 134 valence electrons. The van der Waals surface area contributed by atoms with E-state index < -0.39 is 5.82 Å². The second-order valence-corrected chi connectivity index (χ2v) is 5.84. The van der Waals surface area contributed by atoms with Crippen LogP contribution >= 0.6 is 0 Å². The van der Waals surface area contributed by atoms with Gasteiger partial charge in [0.25, 0.3) is 5.91 Å². The zero-order valence-electron chi connectivity index (χ0n) is 14.4. The number of anilines is 1. The van der Waals surface area contributed by atoms with Gasteiger partial charge in [-0.15, -0.1) is 0 Å². The van der Waals surface area contributed by atoms with Gasteiger partial charge in [-0.1, -0.05) is 13.8 Å². The largest absolute Gasteiger partial charge is 0.383 e. The summed E-state index contributed by atoms with van der Waals surface area (Å²) in [6.07, 6.45) is 0.317. The smallest absolute Gasteiger partial charge is 0.251 e. The van der Waals surface area contributed by atoms with Crippen LogP contribution in [0.4, 0.5) is 10.1 Å². The Morgan fingerprint density at radius 3 is 2.58 bits per heavy atom. The topological polar surface area (TPSA) is 79.5 Å². The minimum Gasteiger partial charge on any atom is -0.383 e. The van der Waals surface area contributed by atoms with E-state index in [2.05, 4.69) is 16.0 Å². The van der Waals surface area contributed by atoms with Crippen LogP contribution in [0.1, 0.15) is 30.6 Å². The molecule has 6 nitrogen and oxygen atoms in total. The molecule has 0 radical (unpaired) electrons. The van der Waals surface area contributed by atoms with Crippen molar-refractivity contribution in [2.75, 3.05) is 38.7 Å². The van der Waals surface area contributed by atoms with Gasteiger partial charge in [0.2, 0.25) is 5.91 Å². The summed E-state index contributed by atoms with van der Waals surface area (Å²) in [6, 6.07) is 4.01. The maximum atomic E-state index is 14.0. The number of benzene rings is 1. The molecule has 0 saturated heterocycles. The Bertz CT molecular complexity index is 550. The number of carbonyl (C=O) groups is 2. The van der Waals surface area contributed by atoms with E-state index in [4.69, 9.17) is 4.74 Å². The fourth-order valence-electron chi connectivity index (χ4n) is 2.00. The van der Waals surface area contributed by atoms with Gasteiger partial charge < -0.3 is 20.7 Å². The molecule has 2 amide bonds. The number of amides is 2. The molecule has 0 aliphatic carbocycles. The molecule has 0 spiro atoms. The maximum absolute atomic E-state index is 14.0. The summed E-state index contributed by atoms with van der Waals surface area (Å²) in [4.78, 5) is 23.6. The molecule has 3 N–H and O–H groups in total. The standard InChI is InChI=1S/C17H26FN3O3/c1-12(2)10-16(22)21-15-5-4-13(11-14(15)18)17(23)20-7-6-19-8-9-24-3/h4-5,11-12,19H,6-10H2,1-3H3,(H,20,23)(H,21,22). The monoisotopic (exact) mass is 339 g/mol. The third-order valence-corrected chi connectivity index (χ3v) is 3.17. The van der Waals surface area contributed by atoms with Crippen molar-refractivity contribution in [2.24, 2.45) is 5.92 Å². The first-order valence-electron chi connectivity index (χ1n) is 8.01. The van der Waals surface area contributed by atoms with Gasteiger partial charge in [-0.2, -0.15) is 0 Å². The predicted molar refractivity (Wildman–Crippen MR) is 91.6 cm³/mol. The van der Waals surface area contributed by atoms with Crippen LogP contribution in [0.15, 0.2) is 18.2 Å². The van der Waals surface area contributed by atoms with E-state index in [-0.39, 0.29) is 29.0 Å². The number of hydrogen-bond acceptors (Lipinski definition) is 4. The molecule has 0 aliphatic heterocycles. The van der Waals surface area contributed by atoms with E-state index >= 15 is 0 Å². The van der Waals surface area contributed by atoms with Gasteiger partial charge in [-0.05, 0) is 24.1 Å². The van der Waals surface area contributed by atoms with Crippen molar-refractivity contribution in [1.29, 1.82) is 0 Å². The zero-order valence-corrected chi connectivity index (χ0v) is 14.4. The van der Waals surface area contributed by atoms with Gasteiger partial charge in [0.15, 0.2) is 0 Å². The van der Waals surface area contributed by atoms with Gasteiger partial charge in [0.1, 0.15) is 5.82 Å². The lowest BCUT2D eigenvalue weighted by Crippen LogP contribution is -2.33. The van der Waals surface area contributed by atoms with Crippen molar-refractivity contribution >= 4 is 17.5 Å². The lowest BCUT2D eigenvalue weighted by Gasteiger charge is -2.10. The Morgan fingerprint density at radius 1 is 1.21 bits per heavy atom. The summed E-state index contributed by atoms with van der Waals surface area (Å²) >= 11 is 0. The summed E-state index contributed by atoms with van der Waals surface area (Å²) < 4.78 is 18.9. The van der Waals surface area contributed by atoms with Crippen LogP contribution in [0.25, 0.3) is 0 Å². The van der Waals surface area contributed by atoms with Crippen LogP contribution in [0.5, 0.6) is 0 Å². The number of ether oxygens (including phenoxy) is 1. The number of nitrogens with one attached hydrogen (secondary N) is 3. The number of rotatable bonds is 10. The molecule has 1 aromatic rings. The normalized spacial score (nSPS) is 10.7. The Morgan fingerprint density at radius 2 is 1.96 bits per heavy atom. The minimum atomic E-state index is -0.627. The number of halogens is 1. The van der Waals surface area contributed by atoms with Crippen molar-refractivity contribution in [3.8, 4) is 0 Å². The van der Waals surface area contributed by atoms with Crippen LogP contribution in [0.3, 0.4) is 0 Å². The second-order valence-electron chi connectivity index (χ2n) is 5.84. The first-order chi connectivity index (χ1) is 11.4. The first kappa shape index (κ1) is 20.1. The van der Waals surface area contributed by atoms with Crippen LogP contribution in [-0.2, 0) is 9.53 Å². The molecule has 1 rings (SSSR count). The number of methoxy groups -OCH3 is 1. The van der Waals surface area contributed by atoms with E-state index in [1.165, 1.54) is 12.1 Å². The molecular formula is C17H26FN3O3. The molecule has 24 heavy (non-hydrogen) atoms. The highest BCUT2D eigenvalue weighted by Gasteiger charge is 2.12. The molecular weight excluding hydrogens is 313 g/mol. The summed E-state index contributed by atoms with van der Waals surface area (Å²) in [5.74, 6) is -1.04. The Hall–Kier alpha value is -1.99. The van der Waals surface area contributed by atoms with Crippen LogP contribution in [0, 0.1) is 11.7 Å². The number of hydrogen-bond donors (Lipinski definition) is 3. The molecule has 0 fully saturated rings. The molecule has 0 heterocycles. The van der Waals surface area contributed by atoms with Crippen LogP contribution < -0.4 is 16.0 Å². The highest BCUT2D eigenvalue weighted by atomic mass is 19.1. The minimum absolute atomic E-state index is 0.0819. The van der Waals surface area contributed by atoms with Crippen LogP contribution in [-0.4, -0.2) is 45.2 Å². The summed E-state index contributed by atoms with van der Waals surface area (Å²) in [7, 11) is 1.62. The molecule has 0 aromatic heterocycles. The predicted octanol–water partition coefficient (Wildman–Crippen LogP) is 1.78. The molecule has 0 saturated carbocycles. The Kier molecular flexibility index (Phi) is 8.96. The molecule has 0 bridgehead atoms. The van der Waals surface area contributed by atoms with Gasteiger partial charge in [0, 0.05) is 38.7 Å². The van der Waals surface area contributed by atoms with Gasteiger partial charge >= 0.3 is 0 Å². The average molecular weight is 339 g/mol. The summed E-state index contributed by atoms with van der Waals surface area (Å²) in [5, 5.41) is 8.29. The lowest BCUT2D eigenvalue weighted by molar-refractivity contribution is -0.116. The molecule has 0 atom stereocenters. The molecule has 7 heteroatoms. The van der Waals surface area contributed by atoms with E-state index in [9.17, 15) is 14.0 Å². The van der Waals surface area contributed by atoms with E-state index in [1.807, 2.05) is 13.8 Å². The summed E-state index contributed by atoms with van der Waals surface area (Å²) in [6.45, 7) is 6.15. The fourth-order valence-corrected chi connectivity index (χ4v) is 2.00. The van der Waals surface area contributed by atoms with E-state index in [1.54, 1.807) is 7.11 Å². The third-order valence-electron chi connectivity index (χ3n) is 3.17. The van der Waals surface area contributed by atoms with Crippen molar-refractivity contribution in [2.45, 2.75) is 20.3 Å².